The third-order valence-corrected chi connectivity index (χ3v) is 4.01. The highest BCUT2D eigenvalue weighted by molar-refractivity contribution is 8.76. The maximum atomic E-state index is 11.0. The van der Waals surface area contributed by atoms with Gasteiger partial charge in [0.1, 0.15) is 6.61 Å². The summed E-state index contributed by atoms with van der Waals surface area (Å²) >= 11 is 0. The summed E-state index contributed by atoms with van der Waals surface area (Å²) in [5.74, 6) is 1.83. The van der Waals surface area contributed by atoms with Gasteiger partial charge in [-0.1, -0.05) is 21.6 Å². The van der Waals surface area contributed by atoms with Crippen LogP contribution in [0.1, 0.15) is 34.6 Å². The third kappa shape index (κ3) is 14.0. The van der Waals surface area contributed by atoms with Gasteiger partial charge in [-0.25, -0.2) is 4.79 Å². The molecule has 0 aromatic rings. The van der Waals surface area contributed by atoms with Crippen LogP contribution in [0.3, 0.4) is 0 Å². The lowest BCUT2D eigenvalue weighted by atomic mass is 10.1. The van der Waals surface area contributed by atoms with Crippen molar-refractivity contribution < 1.29 is 14.3 Å². The second kappa shape index (κ2) is 9.81. The van der Waals surface area contributed by atoms with Crippen LogP contribution < -0.4 is 5.32 Å². The van der Waals surface area contributed by atoms with E-state index in [9.17, 15) is 4.79 Å². The summed E-state index contributed by atoms with van der Waals surface area (Å²) in [6.45, 7) is 11.4. The Labute approximate surface area is 118 Å². The molecule has 0 fully saturated rings. The number of carbonyl (C=O) groups is 1. The van der Waals surface area contributed by atoms with Crippen molar-refractivity contribution in [2.75, 3.05) is 24.7 Å². The van der Waals surface area contributed by atoms with E-state index in [1.165, 1.54) is 0 Å². The van der Waals surface area contributed by atoms with E-state index in [1.807, 2.05) is 0 Å². The molecule has 0 rings (SSSR count). The number of hydrogen-bond donors (Lipinski definition) is 1. The molecular weight excluding hydrogens is 270 g/mol. The van der Waals surface area contributed by atoms with E-state index in [1.54, 1.807) is 35.4 Å². The van der Waals surface area contributed by atoms with Gasteiger partial charge in [0.2, 0.25) is 0 Å². The molecule has 1 N–H and O–H groups in total. The summed E-state index contributed by atoms with van der Waals surface area (Å²) in [4.78, 5) is 11.0. The first-order chi connectivity index (χ1) is 8.31. The van der Waals surface area contributed by atoms with Gasteiger partial charge in [0.25, 0.3) is 0 Å². The lowest BCUT2D eigenvalue weighted by molar-refractivity contribution is 0.0385. The Morgan fingerprint density at radius 2 is 1.83 bits per heavy atom. The molecule has 0 heterocycles. The second-order valence-corrected chi connectivity index (χ2v) is 7.79. The largest absolute Gasteiger partial charge is 0.508 e. The normalized spacial score (nSPS) is 11.7. The number of hydrogen-bond acceptors (Lipinski definition) is 6. The first kappa shape index (κ1) is 17.9. The van der Waals surface area contributed by atoms with Gasteiger partial charge in [0.15, 0.2) is 0 Å². The van der Waals surface area contributed by atoms with Crippen molar-refractivity contribution >= 4 is 27.7 Å². The van der Waals surface area contributed by atoms with Crippen molar-refractivity contribution in [2.45, 2.75) is 46.3 Å². The number of rotatable bonds is 8. The Morgan fingerprint density at radius 1 is 1.22 bits per heavy atom. The highest BCUT2D eigenvalue weighted by Crippen LogP contribution is 2.20. The fourth-order valence-electron chi connectivity index (χ4n) is 0.971. The molecule has 0 aliphatic rings. The van der Waals surface area contributed by atoms with Gasteiger partial charge in [-0.15, -0.1) is 0 Å². The van der Waals surface area contributed by atoms with Crippen LogP contribution in [0.5, 0.6) is 0 Å². The Hall–Kier alpha value is -0.0700. The quantitative estimate of drug-likeness (QED) is 0.421. The van der Waals surface area contributed by atoms with Crippen LogP contribution in [0.15, 0.2) is 0 Å². The number of ether oxygens (including phenoxy) is 2. The van der Waals surface area contributed by atoms with Gasteiger partial charge >= 0.3 is 6.16 Å². The van der Waals surface area contributed by atoms with Crippen molar-refractivity contribution in [1.29, 1.82) is 0 Å². The first-order valence-corrected chi connectivity index (χ1v) is 8.63. The molecule has 0 aliphatic carbocycles. The minimum absolute atomic E-state index is 0.122. The topological polar surface area (TPSA) is 47.6 Å². The van der Waals surface area contributed by atoms with Crippen LogP contribution in [-0.4, -0.2) is 42.5 Å². The lowest BCUT2D eigenvalue weighted by Gasteiger charge is -2.19. The molecule has 0 atom stereocenters. The van der Waals surface area contributed by atoms with E-state index in [4.69, 9.17) is 9.47 Å². The van der Waals surface area contributed by atoms with Gasteiger partial charge in [-0.05, 0) is 34.6 Å². The zero-order valence-corrected chi connectivity index (χ0v) is 13.6. The molecule has 0 unspecified atom stereocenters. The predicted octanol–water partition coefficient (Wildman–Crippen LogP) is 3.32. The fourth-order valence-corrected chi connectivity index (χ4v) is 2.70. The molecular formula is C12H25NO3S2. The molecule has 18 heavy (non-hydrogen) atoms. The highest BCUT2D eigenvalue weighted by atomic mass is 33.1. The van der Waals surface area contributed by atoms with E-state index in [0.717, 1.165) is 18.1 Å². The first-order valence-electron chi connectivity index (χ1n) is 6.14. The van der Waals surface area contributed by atoms with Crippen molar-refractivity contribution in [3.63, 3.8) is 0 Å². The van der Waals surface area contributed by atoms with Gasteiger partial charge in [-0.3, -0.25) is 0 Å². The Kier molecular flexibility index (Phi) is 9.77. The standard InChI is InChI=1S/C12H25NO3S2/c1-10(2)16-11(14)15-7-9-18-17-8-6-13-12(3,4)5/h10,13H,6-9H2,1-5H3. The van der Waals surface area contributed by atoms with Gasteiger partial charge < -0.3 is 14.8 Å². The van der Waals surface area contributed by atoms with Gasteiger partial charge in [0, 0.05) is 23.6 Å². The summed E-state index contributed by atoms with van der Waals surface area (Å²) < 4.78 is 9.75. The molecule has 0 aromatic carbocycles. The molecule has 0 spiro atoms. The van der Waals surface area contributed by atoms with Crippen LogP contribution >= 0.6 is 21.6 Å². The zero-order valence-electron chi connectivity index (χ0n) is 11.9. The molecule has 108 valence electrons. The minimum atomic E-state index is -0.579. The van der Waals surface area contributed by atoms with E-state index >= 15 is 0 Å². The zero-order chi connectivity index (χ0) is 14.0. The van der Waals surface area contributed by atoms with Crippen LogP contribution in [0.4, 0.5) is 4.79 Å². The Bertz CT molecular complexity index is 230. The van der Waals surface area contributed by atoms with E-state index in [0.29, 0.717) is 6.61 Å². The van der Waals surface area contributed by atoms with Crippen LogP contribution in [0.25, 0.3) is 0 Å². The SMILES string of the molecule is CC(C)OC(=O)OCCSSCCNC(C)(C)C. The Morgan fingerprint density at radius 3 is 2.39 bits per heavy atom. The van der Waals surface area contributed by atoms with Crippen molar-refractivity contribution in [1.82, 2.24) is 5.32 Å². The van der Waals surface area contributed by atoms with Gasteiger partial charge in [-0.2, -0.15) is 0 Å². The monoisotopic (exact) mass is 295 g/mol. The molecule has 0 amide bonds. The molecule has 0 saturated heterocycles. The van der Waals surface area contributed by atoms with Crippen LogP contribution in [-0.2, 0) is 9.47 Å². The molecule has 0 aliphatic heterocycles. The summed E-state index contributed by atoms with van der Waals surface area (Å²) in [5, 5.41) is 3.41. The molecule has 0 saturated carbocycles. The smallest absolute Gasteiger partial charge is 0.433 e. The van der Waals surface area contributed by atoms with E-state index in [-0.39, 0.29) is 11.6 Å². The van der Waals surface area contributed by atoms with E-state index < -0.39 is 6.16 Å². The average molecular weight is 295 g/mol. The minimum Gasteiger partial charge on any atom is -0.433 e. The summed E-state index contributed by atoms with van der Waals surface area (Å²) in [5.41, 5.74) is 0.176. The molecule has 6 heteroatoms. The maximum absolute atomic E-state index is 11.0. The Balaban J connectivity index is 3.24. The summed E-state index contributed by atoms with van der Waals surface area (Å²) in [7, 11) is 3.49. The lowest BCUT2D eigenvalue weighted by Crippen LogP contribution is -2.37. The van der Waals surface area contributed by atoms with Crippen LogP contribution in [0, 0.1) is 0 Å². The van der Waals surface area contributed by atoms with Gasteiger partial charge in [0.05, 0.1) is 6.10 Å². The van der Waals surface area contributed by atoms with Crippen molar-refractivity contribution in [3.05, 3.63) is 0 Å². The molecule has 0 aromatic heterocycles. The number of carbonyl (C=O) groups excluding carboxylic acids is 1. The molecule has 4 nitrogen and oxygen atoms in total. The average Bonchev–Trinajstić information content (AvgIpc) is 2.19. The molecule has 0 radical (unpaired) electrons. The molecule has 0 bridgehead atoms. The highest BCUT2D eigenvalue weighted by Gasteiger charge is 2.07. The summed E-state index contributed by atoms with van der Waals surface area (Å²) in [6.07, 6.45) is -0.701. The van der Waals surface area contributed by atoms with Crippen molar-refractivity contribution in [3.8, 4) is 0 Å². The third-order valence-electron chi connectivity index (χ3n) is 1.64. The van der Waals surface area contributed by atoms with E-state index in [2.05, 4.69) is 26.1 Å². The van der Waals surface area contributed by atoms with Crippen molar-refractivity contribution in [2.24, 2.45) is 0 Å². The summed E-state index contributed by atoms with van der Waals surface area (Å²) in [6, 6.07) is 0. The predicted molar refractivity (Wildman–Crippen MR) is 80.2 cm³/mol. The maximum Gasteiger partial charge on any atom is 0.508 e. The van der Waals surface area contributed by atoms with Crippen LogP contribution in [0.2, 0.25) is 0 Å². The fraction of sp³-hybridized carbons (Fsp3) is 0.917. The number of nitrogens with one attached hydrogen (secondary N) is 1. The second-order valence-electron chi connectivity index (χ2n) is 5.09.